The minimum Gasteiger partial charge on any atom is -0.467 e. The second-order valence-electron chi connectivity index (χ2n) is 3.20. The first-order valence-electron chi connectivity index (χ1n) is 4.77. The Hall–Kier alpha value is -1.29. The van der Waals surface area contributed by atoms with Crippen molar-refractivity contribution in [3.05, 3.63) is 24.2 Å². The predicted octanol–water partition coefficient (Wildman–Crippen LogP) is 1.20. The van der Waals surface area contributed by atoms with Crippen LogP contribution in [0, 0.1) is 0 Å². The summed E-state index contributed by atoms with van der Waals surface area (Å²) >= 11 is 0. The molecule has 0 saturated carbocycles. The Morgan fingerprint density at radius 3 is 3.07 bits per heavy atom. The minimum absolute atomic E-state index is 0.0133. The smallest absolute Gasteiger partial charge is 0.220 e. The summed E-state index contributed by atoms with van der Waals surface area (Å²) in [5.41, 5.74) is 5.30. The van der Waals surface area contributed by atoms with Gasteiger partial charge in [-0.05, 0) is 32.0 Å². The monoisotopic (exact) mass is 196 g/mol. The van der Waals surface area contributed by atoms with Gasteiger partial charge in [-0.25, -0.2) is 0 Å². The molecule has 78 valence electrons. The third-order valence-corrected chi connectivity index (χ3v) is 1.96. The second-order valence-corrected chi connectivity index (χ2v) is 3.20. The van der Waals surface area contributed by atoms with Crippen LogP contribution >= 0.6 is 0 Å². The largest absolute Gasteiger partial charge is 0.467 e. The van der Waals surface area contributed by atoms with Gasteiger partial charge in [-0.2, -0.15) is 0 Å². The Morgan fingerprint density at radius 1 is 1.71 bits per heavy atom. The number of amides is 1. The summed E-state index contributed by atoms with van der Waals surface area (Å²) in [6.45, 7) is 2.43. The Labute approximate surface area is 83.5 Å². The van der Waals surface area contributed by atoms with Crippen LogP contribution in [0.2, 0.25) is 0 Å². The first kappa shape index (κ1) is 10.8. The molecule has 1 aromatic heterocycles. The summed E-state index contributed by atoms with van der Waals surface area (Å²) in [6, 6.07) is 3.57. The van der Waals surface area contributed by atoms with E-state index in [-0.39, 0.29) is 11.9 Å². The summed E-state index contributed by atoms with van der Waals surface area (Å²) in [6.07, 6.45) is 2.79. The highest BCUT2D eigenvalue weighted by molar-refractivity contribution is 5.76. The van der Waals surface area contributed by atoms with Crippen LogP contribution in [0.1, 0.15) is 31.6 Å². The van der Waals surface area contributed by atoms with Crippen molar-refractivity contribution in [2.45, 2.75) is 25.8 Å². The molecule has 4 heteroatoms. The number of nitrogens with two attached hydrogens (primary N) is 1. The molecule has 4 nitrogen and oxygen atoms in total. The maximum Gasteiger partial charge on any atom is 0.220 e. The van der Waals surface area contributed by atoms with E-state index in [0.717, 1.165) is 12.2 Å². The van der Waals surface area contributed by atoms with Crippen molar-refractivity contribution in [2.75, 3.05) is 6.54 Å². The molecule has 1 rings (SSSR count). The second kappa shape index (κ2) is 5.44. The molecule has 0 aliphatic carbocycles. The van der Waals surface area contributed by atoms with E-state index >= 15 is 0 Å². The van der Waals surface area contributed by atoms with Crippen molar-refractivity contribution in [1.82, 2.24) is 5.32 Å². The third kappa shape index (κ3) is 3.22. The summed E-state index contributed by atoms with van der Waals surface area (Å²) < 4.78 is 5.16. The SMILES string of the molecule is C[C@@H](NC(=O)CCCN)c1ccco1. The van der Waals surface area contributed by atoms with Crippen molar-refractivity contribution >= 4 is 5.91 Å². The van der Waals surface area contributed by atoms with E-state index in [1.54, 1.807) is 12.3 Å². The Bertz CT molecular complexity index is 270. The van der Waals surface area contributed by atoms with E-state index in [2.05, 4.69) is 5.32 Å². The van der Waals surface area contributed by atoms with E-state index in [9.17, 15) is 4.79 Å². The van der Waals surface area contributed by atoms with Gasteiger partial charge < -0.3 is 15.5 Å². The lowest BCUT2D eigenvalue weighted by Gasteiger charge is -2.10. The molecular formula is C10H16N2O2. The van der Waals surface area contributed by atoms with Crippen LogP contribution in [-0.2, 0) is 4.79 Å². The maximum absolute atomic E-state index is 11.3. The van der Waals surface area contributed by atoms with Gasteiger partial charge in [0.15, 0.2) is 0 Å². The van der Waals surface area contributed by atoms with Crippen LogP contribution in [0.15, 0.2) is 22.8 Å². The fraction of sp³-hybridized carbons (Fsp3) is 0.500. The molecule has 3 N–H and O–H groups in total. The molecule has 1 aromatic rings. The Kier molecular flexibility index (Phi) is 4.19. The van der Waals surface area contributed by atoms with Gasteiger partial charge in [0, 0.05) is 6.42 Å². The zero-order chi connectivity index (χ0) is 10.4. The number of rotatable bonds is 5. The lowest BCUT2D eigenvalue weighted by Crippen LogP contribution is -2.26. The molecule has 1 amide bonds. The minimum atomic E-state index is -0.0738. The van der Waals surface area contributed by atoms with Gasteiger partial charge in [0.05, 0.1) is 12.3 Å². The first-order valence-corrected chi connectivity index (χ1v) is 4.77. The number of carbonyl (C=O) groups excluding carboxylic acids is 1. The fourth-order valence-corrected chi connectivity index (χ4v) is 1.19. The van der Waals surface area contributed by atoms with Crippen LogP contribution in [0.4, 0.5) is 0 Å². The first-order chi connectivity index (χ1) is 6.74. The molecule has 0 aliphatic heterocycles. The van der Waals surface area contributed by atoms with Gasteiger partial charge in [0.1, 0.15) is 5.76 Å². The molecule has 0 saturated heterocycles. The van der Waals surface area contributed by atoms with Gasteiger partial charge in [-0.3, -0.25) is 4.79 Å². The van der Waals surface area contributed by atoms with E-state index in [1.807, 2.05) is 13.0 Å². The molecule has 0 spiro atoms. The normalized spacial score (nSPS) is 12.4. The number of furan rings is 1. The molecule has 0 bridgehead atoms. The van der Waals surface area contributed by atoms with Crippen molar-refractivity contribution in [1.29, 1.82) is 0 Å². The van der Waals surface area contributed by atoms with E-state index in [1.165, 1.54) is 0 Å². The van der Waals surface area contributed by atoms with Crippen molar-refractivity contribution in [2.24, 2.45) is 5.73 Å². The fourth-order valence-electron chi connectivity index (χ4n) is 1.19. The average molecular weight is 196 g/mol. The summed E-state index contributed by atoms with van der Waals surface area (Å²) in [4.78, 5) is 11.3. The lowest BCUT2D eigenvalue weighted by atomic mass is 10.2. The molecule has 14 heavy (non-hydrogen) atoms. The number of hydrogen-bond donors (Lipinski definition) is 2. The van der Waals surface area contributed by atoms with Crippen LogP contribution in [-0.4, -0.2) is 12.5 Å². The zero-order valence-corrected chi connectivity index (χ0v) is 8.32. The van der Waals surface area contributed by atoms with Crippen molar-refractivity contribution in [3.63, 3.8) is 0 Å². The van der Waals surface area contributed by atoms with Gasteiger partial charge in [-0.1, -0.05) is 0 Å². The number of carbonyl (C=O) groups is 1. The zero-order valence-electron chi connectivity index (χ0n) is 8.32. The summed E-state index contributed by atoms with van der Waals surface area (Å²) in [5.74, 6) is 0.783. The predicted molar refractivity (Wildman–Crippen MR) is 53.6 cm³/mol. The Balaban J connectivity index is 2.33. The van der Waals surface area contributed by atoms with Gasteiger partial charge >= 0.3 is 0 Å². The number of hydrogen-bond acceptors (Lipinski definition) is 3. The van der Waals surface area contributed by atoms with Crippen LogP contribution < -0.4 is 11.1 Å². The maximum atomic E-state index is 11.3. The van der Waals surface area contributed by atoms with Crippen molar-refractivity contribution < 1.29 is 9.21 Å². The van der Waals surface area contributed by atoms with E-state index in [0.29, 0.717) is 13.0 Å². The summed E-state index contributed by atoms with van der Waals surface area (Å²) in [7, 11) is 0. The van der Waals surface area contributed by atoms with E-state index in [4.69, 9.17) is 10.2 Å². The molecule has 0 aromatic carbocycles. The van der Waals surface area contributed by atoms with Gasteiger partial charge in [0.2, 0.25) is 5.91 Å². The quantitative estimate of drug-likeness (QED) is 0.743. The Morgan fingerprint density at radius 2 is 2.50 bits per heavy atom. The van der Waals surface area contributed by atoms with Crippen LogP contribution in [0.3, 0.4) is 0 Å². The summed E-state index contributed by atoms with van der Waals surface area (Å²) in [5, 5.41) is 2.83. The lowest BCUT2D eigenvalue weighted by molar-refractivity contribution is -0.121. The molecular weight excluding hydrogens is 180 g/mol. The highest BCUT2D eigenvalue weighted by Gasteiger charge is 2.10. The van der Waals surface area contributed by atoms with Crippen LogP contribution in [0.25, 0.3) is 0 Å². The highest BCUT2D eigenvalue weighted by Crippen LogP contribution is 2.12. The standard InChI is InChI=1S/C10H16N2O2/c1-8(9-4-3-7-14-9)12-10(13)5-2-6-11/h3-4,7-8H,2,5-6,11H2,1H3,(H,12,13)/t8-/m1/s1. The topological polar surface area (TPSA) is 68.3 Å². The third-order valence-electron chi connectivity index (χ3n) is 1.96. The molecule has 0 unspecified atom stereocenters. The number of nitrogens with one attached hydrogen (secondary N) is 1. The molecule has 0 fully saturated rings. The highest BCUT2D eigenvalue weighted by atomic mass is 16.3. The van der Waals surface area contributed by atoms with Crippen LogP contribution in [0.5, 0.6) is 0 Å². The average Bonchev–Trinajstić information content (AvgIpc) is 2.67. The molecule has 0 aliphatic rings. The van der Waals surface area contributed by atoms with E-state index < -0.39 is 0 Å². The van der Waals surface area contributed by atoms with Crippen molar-refractivity contribution in [3.8, 4) is 0 Å². The van der Waals surface area contributed by atoms with Gasteiger partial charge in [0.25, 0.3) is 0 Å². The molecule has 0 radical (unpaired) electrons. The molecule has 1 heterocycles. The van der Waals surface area contributed by atoms with Gasteiger partial charge in [-0.15, -0.1) is 0 Å². The molecule has 1 atom stereocenters.